The van der Waals surface area contributed by atoms with Crippen molar-refractivity contribution in [3.63, 3.8) is 0 Å². The molecular weight excluding hydrogens is 342 g/mol. The number of anilines is 1. The molecule has 1 amide bonds. The third-order valence-electron chi connectivity index (χ3n) is 4.53. The van der Waals surface area contributed by atoms with Crippen LogP contribution in [0.25, 0.3) is 5.57 Å². The molecule has 2 unspecified atom stereocenters. The van der Waals surface area contributed by atoms with Crippen molar-refractivity contribution in [3.05, 3.63) is 70.2 Å². The van der Waals surface area contributed by atoms with Crippen molar-refractivity contribution in [3.8, 4) is 0 Å². The van der Waals surface area contributed by atoms with Crippen molar-refractivity contribution in [2.45, 2.75) is 12.0 Å². The standard InChI is InChI=1S/C17H10BrN3O/c18-9-4-5-13-12(8-9)10-2-1-3-11-14-15(20-7-6-19-14)17(22)21(13)16(10)11/h1-8,10,16H. The Labute approximate surface area is 135 Å². The zero-order valence-electron chi connectivity index (χ0n) is 11.4. The first kappa shape index (κ1) is 12.3. The molecule has 4 nitrogen and oxygen atoms in total. The molecule has 2 aliphatic heterocycles. The SMILES string of the molecule is O=C1c2nccnc2C2=CC=CC3c4cc(Br)ccc4N1C23. The molecule has 22 heavy (non-hydrogen) atoms. The van der Waals surface area contributed by atoms with Crippen molar-refractivity contribution < 1.29 is 4.79 Å². The Morgan fingerprint density at radius 1 is 1.14 bits per heavy atom. The van der Waals surface area contributed by atoms with E-state index in [0.29, 0.717) is 5.69 Å². The molecule has 1 aliphatic carbocycles. The summed E-state index contributed by atoms with van der Waals surface area (Å²) in [6, 6.07) is 6.07. The normalized spacial score (nSPS) is 23.8. The minimum absolute atomic E-state index is 0.00833. The van der Waals surface area contributed by atoms with Gasteiger partial charge in [0.15, 0.2) is 5.69 Å². The second kappa shape index (κ2) is 4.14. The van der Waals surface area contributed by atoms with Crippen LogP contribution < -0.4 is 4.90 Å². The van der Waals surface area contributed by atoms with Crippen LogP contribution in [0.4, 0.5) is 5.69 Å². The minimum atomic E-state index is -0.0633. The number of benzene rings is 1. The van der Waals surface area contributed by atoms with Crippen LogP contribution in [0.3, 0.4) is 0 Å². The van der Waals surface area contributed by atoms with E-state index >= 15 is 0 Å². The second-order valence-corrected chi connectivity index (χ2v) is 6.53. The minimum Gasteiger partial charge on any atom is -0.298 e. The highest BCUT2D eigenvalue weighted by Gasteiger charge is 2.48. The van der Waals surface area contributed by atoms with Gasteiger partial charge in [-0.05, 0) is 23.8 Å². The van der Waals surface area contributed by atoms with E-state index in [0.717, 1.165) is 21.4 Å². The molecule has 0 saturated heterocycles. The number of fused-ring (bicyclic) bond motifs is 5. The molecule has 0 saturated carbocycles. The fourth-order valence-corrected chi connectivity index (χ4v) is 4.06. The third kappa shape index (κ3) is 1.39. The Morgan fingerprint density at radius 3 is 2.82 bits per heavy atom. The lowest BCUT2D eigenvalue weighted by molar-refractivity contribution is 0.0974. The number of rotatable bonds is 0. The molecule has 106 valence electrons. The van der Waals surface area contributed by atoms with Crippen LogP contribution in [0.5, 0.6) is 0 Å². The molecule has 1 aromatic heterocycles. The van der Waals surface area contributed by atoms with E-state index in [-0.39, 0.29) is 17.9 Å². The number of hydrogen-bond donors (Lipinski definition) is 0. The van der Waals surface area contributed by atoms with Gasteiger partial charge in [-0.25, -0.2) is 4.98 Å². The molecule has 5 heteroatoms. The van der Waals surface area contributed by atoms with Gasteiger partial charge in [-0.15, -0.1) is 0 Å². The molecule has 0 fully saturated rings. The zero-order chi connectivity index (χ0) is 14.8. The number of carbonyl (C=O) groups is 1. The molecule has 0 bridgehead atoms. The monoisotopic (exact) mass is 351 g/mol. The highest BCUT2D eigenvalue weighted by atomic mass is 79.9. The van der Waals surface area contributed by atoms with Crippen molar-refractivity contribution in [2.75, 3.05) is 4.90 Å². The van der Waals surface area contributed by atoms with Gasteiger partial charge in [0.25, 0.3) is 5.91 Å². The Balaban J connectivity index is 1.83. The van der Waals surface area contributed by atoms with E-state index in [9.17, 15) is 4.79 Å². The van der Waals surface area contributed by atoms with Gasteiger partial charge in [0.1, 0.15) is 0 Å². The molecule has 0 N–H and O–H groups in total. The molecule has 0 radical (unpaired) electrons. The van der Waals surface area contributed by atoms with Gasteiger partial charge in [0.05, 0.1) is 11.7 Å². The van der Waals surface area contributed by atoms with Crippen LogP contribution in [-0.2, 0) is 0 Å². The van der Waals surface area contributed by atoms with Crippen LogP contribution in [0.1, 0.15) is 27.7 Å². The Morgan fingerprint density at radius 2 is 1.95 bits per heavy atom. The van der Waals surface area contributed by atoms with Crippen molar-refractivity contribution in [2.24, 2.45) is 0 Å². The summed E-state index contributed by atoms with van der Waals surface area (Å²) in [5.41, 5.74) is 4.37. The maximum atomic E-state index is 12.9. The first-order valence-corrected chi connectivity index (χ1v) is 7.88. The van der Waals surface area contributed by atoms with E-state index in [4.69, 9.17) is 0 Å². The molecule has 1 aromatic carbocycles. The summed E-state index contributed by atoms with van der Waals surface area (Å²) >= 11 is 3.53. The van der Waals surface area contributed by atoms with E-state index in [2.05, 4.69) is 50.2 Å². The Kier molecular flexibility index (Phi) is 2.31. The predicted molar refractivity (Wildman–Crippen MR) is 86.6 cm³/mol. The number of carbonyl (C=O) groups excluding carboxylic acids is 1. The van der Waals surface area contributed by atoms with Crippen molar-refractivity contribution in [1.29, 1.82) is 0 Å². The average Bonchev–Trinajstić information content (AvgIpc) is 2.88. The predicted octanol–water partition coefficient (Wildman–Crippen LogP) is 3.32. The fourth-order valence-electron chi connectivity index (χ4n) is 3.69. The van der Waals surface area contributed by atoms with Crippen molar-refractivity contribution >= 4 is 33.1 Å². The topological polar surface area (TPSA) is 46.1 Å². The summed E-state index contributed by atoms with van der Waals surface area (Å²) in [4.78, 5) is 23.5. The number of allylic oxidation sites excluding steroid dienone is 2. The van der Waals surface area contributed by atoms with Crippen LogP contribution in [0.2, 0.25) is 0 Å². The zero-order valence-corrected chi connectivity index (χ0v) is 13.0. The van der Waals surface area contributed by atoms with Crippen LogP contribution in [0.15, 0.2) is 53.3 Å². The summed E-state index contributed by atoms with van der Waals surface area (Å²) in [7, 11) is 0. The lowest BCUT2D eigenvalue weighted by atomic mass is 9.82. The number of amides is 1. The van der Waals surface area contributed by atoms with Gasteiger partial charge < -0.3 is 0 Å². The fraction of sp³-hybridized carbons (Fsp3) is 0.118. The van der Waals surface area contributed by atoms with Gasteiger partial charge in [0, 0.05) is 34.0 Å². The first-order chi connectivity index (χ1) is 10.8. The summed E-state index contributed by atoms with van der Waals surface area (Å²) in [5.74, 6) is 0.109. The summed E-state index contributed by atoms with van der Waals surface area (Å²) < 4.78 is 1.02. The summed E-state index contributed by atoms with van der Waals surface area (Å²) in [6.45, 7) is 0. The third-order valence-corrected chi connectivity index (χ3v) is 5.03. The maximum absolute atomic E-state index is 12.9. The average molecular weight is 352 g/mol. The van der Waals surface area contributed by atoms with Gasteiger partial charge in [-0.1, -0.05) is 34.2 Å². The van der Waals surface area contributed by atoms with E-state index < -0.39 is 0 Å². The van der Waals surface area contributed by atoms with Crippen LogP contribution in [-0.4, -0.2) is 21.9 Å². The quantitative estimate of drug-likeness (QED) is 0.731. The van der Waals surface area contributed by atoms with Crippen LogP contribution >= 0.6 is 15.9 Å². The van der Waals surface area contributed by atoms with Crippen LogP contribution in [0, 0.1) is 0 Å². The van der Waals surface area contributed by atoms with E-state index in [1.165, 1.54) is 5.56 Å². The number of hydrogen-bond acceptors (Lipinski definition) is 3. The van der Waals surface area contributed by atoms with E-state index in [1.807, 2.05) is 17.0 Å². The summed E-state index contributed by atoms with van der Waals surface area (Å²) in [6.07, 6.45) is 9.49. The lowest BCUT2D eigenvalue weighted by Gasteiger charge is -2.35. The molecular formula is C17H10BrN3O. The van der Waals surface area contributed by atoms with Gasteiger partial charge in [-0.2, -0.15) is 0 Å². The lowest BCUT2D eigenvalue weighted by Crippen LogP contribution is -2.45. The first-order valence-electron chi connectivity index (χ1n) is 7.08. The molecule has 0 spiro atoms. The Bertz CT molecular complexity index is 903. The molecule has 2 aromatic rings. The number of aromatic nitrogens is 2. The molecule has 5 rings (SSSR count). The highest BCUT2D eigenvalue weighted by Crippen LogP contribution is 2.51. The number of halogens is 1. The van der Waals surface area contributed by atoms with Gasteiger partial charge >= 0.3 is 0 Å². The highest BCUT2D eigenvalue weighted by molar-refractivity contribution is 9.10. The summed E-state index contributed by atoms with van der Waals surface area (Å²) in [5, 5.41) is 0. The van der Waals surface area contributed by atoms with Crippen molar-refractivity contribution in [1.82, 2.24) is 9.97 Å². The van der Waals surface area contributed by atoms with E-state index in [1.54, 1.807) is 12.4 Å². The molecule has 2 atom stereocenters. The second-order valence-electron chi connectivity index (χ2n) is 5.61. The molecule has 3 heterocycles. The smallest absolute Gasteiger partial charge is 0.279 e. The number of nitrogens with zero attached hydrogens (tertiary/aromatic N) is 3. The largest absolute Gasteiger partial charge is 0.298 e. The Hall–Kier alpha value is -2.27. The maximum Gasteiger partial charge on any atom is 0.279 e. The van der Waals surface area contributed by atoms with Gasteiger partial charge in [0.2, 0.25) is 0 Å². The van der Waals surface area contributed by atoms with Gasteiger partial charge in [-0.3, -0.25) is 14.7 Å². The molecule has 3 aliphatic rings.